The molecule has 0 amide bonds. The summed E-state index contributed by atoms with van der Waals surface area (Å²) in [5, 5.41) is 3.20. The molecule has 1 atom stereocenters. The van der Waals surface area contributed by atoms with E-state index >= 15 is 0 Å². The minimum absolute atomic E-state index is 0.292. The lowest BCUT2D eigenvalue weighted by molar-refractivity contribution is 0.274. The molecule has 1 aromatic heterocycles. The van der Waals surface area contributed by atoms with Crippen LogP contribution in [-0.4, -0.2) is 16.5 Å². The van der Waals surface area contributed by atoms with Crippen LogP contribution in [0.3, 0.4) is 0 Å². The van der Waals surface area contributed by atoms with Crippen LogP contribution in [-0.2, 0) is 0 Å². The largest absolute Gasteiger partial charge is 0.396 e. The highest BCUT2D eigenvalue weighted by Gasteiger charge is 2.19. The standard InChI is InChI=1S/C11H20N4/c1-8(11(2,3)4)5-13-10-14-6-9(12)7-15-10/h6-8H,5,12H2,1-4H3,(H,13,14,15). The van der Waals surface area contributed by atoms with Crippen molar-refractivity contribution >= 4 is 11.6 Å². The molecule has 1 aromatic rings. The van der Waals surface area contributed by atoms with Crippen molar-refractivity contribution < 1.29 is 0 Å². The van der Waals surface area contributed by atoms with Gasteiger partial charge in [-0.1, -0.05) is 27.7 Å². The van der Waals surface area contributed by atoms with Gasteiger partial charge in [0, 0.05) is 6.54 Å². The first-order valence-electron chi connectivity index (χ1n) is 5.21. The van der Waals surface area contributed by atoms with Gasteiger partial charge in [0.25, 0.3) is 0 Å². The fraction of sp³-hybridized carbons (Fsp3) is 0.636. The van der Waals surface area contributed by atoms with Gasteiger partial charge in [0.1, 0.15) is 0 Å². The van der Waals surface area contributed by atoms with Crippen molar-refractivity contribution in [2.24, 2.45) is 11.3 Å². The second-order valence-corrected chi connectivity index (χ2v) is 4.99. The van der Waals surface area contributed by atoms with Crippen molar-refractivity contribution in [1.82, 2.24) is 9.97 Å². The highest BCUT2D eigenvalue weighted by atomic mass is 15.1. The van der Waals surface area contributed by atoms with Crippen LogP contribution in [0.5, 0.6) is 0 Å². The van der Waals surface area contributed by atoms with E-state index in [4.69, 9.17) is 5.73 Å². The highest BCUT2D eigenvalue weighted by molar-refractivity contribution is 5.35. The average molecular weight is 208 g/mol. The fourth-order valence-electron chi connectivity index (χ4n) is 0.980. The van der Waals surface area contributed by atoms with E-state index in [-0.39, 0.29) is 0 Å². The van der Waals surface area contributed by atoms with Crippen molar-refractivity contribution in [3.8, 4) is 0 Å². The number of aromatic nitrogens is 2. The van der Waals surface area contributed by atoms with Gasteiger partial charge in [-0.25, -0.2) is 9.97 Å². The van der Waals surface area contributed by atoms with Gasteiger partial charge in [-0.05, 0) is 11.3 Å². The van der Waals surface area contributed by atoms with Crippen LogP contribution in [0.2, 0.25) is 0 Å². The van der Waals surface area contributed by atoms with Crippen LogP contribution in [0.4, 0.5) is 11.6 Å². The van der Waals surface area contributed by atoms with Crippen molar-refractivity contribution in [2.45, 2.75) is 27.7 Å². The Morgan fingerprint density at radius 2 is 1.87 bits per heavy atom. The summed E-state index contributed by atoms with van der Waals surface area (Å²) in [5.74, 6) is 1.19. The summed E-state index contributed by atoms with van der Waals surface area (Å²) in [5.41, 5.74) is 6.38. The zero-order valence-corrected chi connectivity index (χ0v) is 9.91. The Hall–Kier alpha value is -1.32. The van der Waals surface area contributed by atoms with E-state index in [0.717, 1.165) is 6.54 Å². The minimum atomic E-state index is 0.292. The predicted octanol–water partition coefficient (Wildman–Crippen LogP) is 2.15. The van der Waals surface area contributed by atoms with E-state index in [9.17, 15) is 0 Å². The molecule has 4 heteroatoms. The summed E-state index contributed by atoms with van der Waals surface area (Å²) in [6.45, 7) is 9.76. The third-order valence-electron chi connectivity index (χ3n) is 2.72. The molecule has 0 saturated heterocycles. The number of hydrogen-bond donors (Lipinski definition) is 2. The molecule has 4 nitrogen and oxygen atoms in total. The first-order chi connectivity index (χ1) is 6.89. The molecular formula is C11H20N4. The lowest BCUT2D eigenvalue weighted by Gasteiger charge is -2.27. The first-order valence-corrected chi connectivity index (χ1v) is 5.21. The number of rotatable bonds is 3. The quantitative estimate of drug-likeness (QED) is 0.799. The van der Waals surface area contributed by atoms with E-state index in [1.165, 1.54) is 0 Å². The molecule has 0 bridgehead atoms. The van der Waals surface area contributed by atoms with Crippen molar-refractivity contribution in [3.05, 3.63) is 12.4 Å². The Labute approximate surface area is 91.3 Å². The number of nitrogens with zero attached hydrogens (tertiary/aromatic N) is 2. The van der Waals surface area contributed by atoms with Gasteiger partial charge in [0.05, 0.1) is 18.1 Å². The van der Waals surface area contributed by atoms with Crippen molar-refractivity contribution in [1.29, 1.82) is 0 Å². The maximum absolute atomic E-state index is 5.50. The molecule has 1 heterocycles. The Morgan fingerprint density at radius 3 is 2.33 bits per heavy atom. The Balaban J connectivity index is 2.47. The molecule has 0 aliphatic heterocycles. The maximum atomic E-state index is 5.50. The summed E-state index contributed by atoms with van der Waals surface area (Å²) in [6, 6.07) is 0. The lowest BCUT2D eigenvalue weighted by Crippen LogP contribution is -2.25. The molecule has 15 heavy (non-hydrogen) atoms. The monoisotopic (exact) mass is 208 g/mol. The van der Waals surface area contributed by atoms with Crippen LogP contribution < -0.4 is 11.1 Å². The zero-order valence-electron chi connectivity index (χ0n) is 9.91. The molecule has 0 saturated carbocycles. The summed E-state index contributed by atoms with van der Waals surface area (Å²) >= 11 is 0. The van der Waals surface area contributed by atoms with Crippen molar-refractivity contribution in [3.63, 3.8) is 0 Å². The third kappa shape index (κ3) is 3.73. The number of anilines is 2. The molecule has 0 aliphatic carbocycles. The molecule has 1 rings (SSSR count). The summed E-state index contributed by atoms with van der Waals surface area (Å²) in [6.07, 6.45) is 3.22. The van der Waals surface area contributed by atoms with E-state index in [0.29, 0.717) is 23.0 Å². The SMILES string of the molecule is CC(CNc1ncc(N)cn1)C(C)(C)C. The van der Waals surface area contributed by atoms with Gasteiger partial charge in [0.2, 0.25) is 5.95 Å². The molecule has 3 N–H and O–H groups in total. The van der Waals surface area contributed by atoms with E-state index in [2.05, 4.69) is 43.0 Å². The summed E-state index contributed by atoms with van der Waals surface area (Å²) in [7, 11) is 0. The van der Waals surface area contributed by atoms with Gasteiger partial charge < -0.3 is 11.1 Å². The van der Waals surface area contributed by atoms with Crippen LogP contribution in [0.25, 0.3) is 0 Å². The van der Waals surface area contributed by atoms with Crippen LogP contribution in [0, 0.1) is 11.3 Å². The number of nitrogen functional groups attached to an aromatic ring is 1. The molecule has 0 spiro atoms. The molecule has 1 unspecified atom stereocenters. The second kappa shape index (κ2) is 4.47. The summed E-state index contributed by atoms with van der Waals surface area (Å²) in [4.78, 5) is 8.17. The molecule has 0 aromatic carbocycles. The molecule has 0 radical (unpaired) electrons. The summed E-state index contributed by atoms with van der Waals surface area (Å²) < 4.78 is 0. The molecular weight excluding hydrogens is 188 g/mol. The average Bonchev–Trinajstić information content (AvgIpc) is 2.15. The highest BCUT2D eigenvalue weighted by Crippen LogP contribution is 2.25. The molecule has 84 valence electrons. The van der Waals surface area contributed by atoms with Crippen LogP contribution in [0.1, 0.15) is 27.7 Å². The van der Waals surface area contributed by atoms with Crippen LogP contribution in [0.15, 0.2) is 12.4 Å². The Kier molecular flexibility index (Phi) is 3.50. The topological polar surface area (TPSA) is 63.8 Å². The molecule has 0 aliphatic rings. The number of hydrogen-bond acceptors (Lipinski definition) is 4. The minimum Gasteiger partial charge on any atom is -0.396 e. The maximum Gasteiger partial charge on any atom is 0.222 e. The van der Waals surface area contributed by atoms with Gasteiger partial charge in [-0.3, -0.25) is 0 Å². The predicted molar refractivity (Wildman–Crippen MR) is 63.6 cm³/mol. The van der Waals surface area contributed by atoms with Crippen LogP contribution >= 0.6 is 0 Å². The first kappa shape index (κ1) is 11.8. The smallest absolute Gasteiger partial charge is 0.222 e. The fourth-order valence-corrected chi connectivity index (χ4v) is 0.980. The lowest BCUT2D eigenvalue weighted by atomic mass is 9.82. The number of nitrogens with two attached hydrogens (primary N) is 1. The van der Waals surface area contributed by atoms with E-state index in [1.54, 1.807) is 12.4 Å². The third-order valence-corrected chi connectivity index (χ3v) is 2.72. The van der Waals surface area contributed by atoms with E-state index in [1.807, 2.05) is 0 Å². The Bertz CT molecular complexity index is 299. The molecule has 0 fully saturated rings. The van der Waals surface area contributed by atoms with Crippen molar-refractivity contribution in [2.75, 3.05) is 17.6 Å². The van der Waals surface area contributed by atoms with E-state index < -0.39 is 0 Å². The van der Waals surface area contributed by atoms with Gasteiger partial charge in [-0.2, -0.15) is 0 Å². The van der Waals surface area contributed by atoms with Gasteiger partial charge in [-0.15, -0.1) is 0 Å². The van der Waals surface area contributed by atoms with Gasteiger partial charge >= 0.3 is 0 Å². The zero-order chi connectivity index (χ0) is 11.5. The van der Waals surface area contributed by atoms with Gasteiger partial charge in [0.15, 0.2) is 0 Å². The second-order valence-electron chi connectivity index (χ2n) is 4.99. The number of nitrogens with one attached hydrogen (secondary N) is 1. The normalized spacial score (nSPS) is 13.6. The Morgan fingerprint density at radius 1 is 1.33 bits per heavy atom.